The number of allylic oxidation sites excluding steroid dienone is 1. The number of imidazole rings is 1. The van der Waals surface area contributed by atoms with E-state index in [9.17, 15) is 9.59 Å². The molecule has 0 spiro atoms. The Balaban J connectivity index is 1.81. The topological polar surface area (TPSA) is 110 Å². The Labute approximate surface area is 246 Å². The summed E-state index contributed by atoms with van der Waals surface area (Å²) in [5.74, 6) is 0.804. The smallest absolute Gasteiger partial charge is 0.408 e. The van der Waals surface area contributed by atoms with Gasteiger partial charge in [0.05, 0.1) is 41.7 Å². The van der Waals surface area contributed by atoms with Gasteiger partial charge in [-0.05, 0) is 84.7 Å². The highest BCUT2D eigenvalue weighted by atomic mass is 16.6. The van der Waals surface area contributed by atoms with Crippen LogP contribution in [-0.4, -0.2) is 50.0 Å². The molecule has 1 aromatic carbocycles. The Morgan fingerprint density at radius 3 is 2.50 bits per heavy atom. The molecule has 0 fully saturated rings. The molecule has 0 aliphatic heterocycles. The number of rotatable bonds is 10. The van der Waals surface area contributed by atoms with Crippen molar-refractivity contribution in [1.29, 1.82) is 0 Å². The van der Waals surface area contributed by atoms with Gasteiger partial charge < -0.3 is 28.7 Å². The summed E-state index contributed by atoms with van der Waals surface area (Å²) in [5.41, 5.74) is 3.53. The van der Waals surface area contributed by atoms with Crippen molar-refractivity contribution < 1.29 is 23.8 Å². The highest BCUT2D eigenvalue weighted by Crippen LogP contribution is 2.34. The zero-order valence-electron chi connectivity index (χ0n) is 25.8. The molecule has 42 heavy (non-hydrogen) atoms. The van der Waals surface area contributed by atoms with Crippen molar-refractivity contribution >= 4 is 34.1 Å². The fourth-order valence-electron chi connectivity index (χ4n) is 4.84. The molecule has 1 amide bonds. The molecule has 4 rings (SSSR count). The molecule has 0 aliphatic carbocycles. The van der Waals surface area contributed by atoms with E-state index in [0.717, 1.165) is 35.1 Å². The third kappa shape index (κ3) is 6.58. The molecular formula is C32H41N5O5. The van der Waals surface area contributed by atoms with Crippen LogP contribution in [0.15, 0.2) is 43.0 Å². The van der Waals surface area contributed by atoms with Crippen molar-refractivity contribution in [2.75, 3.05) is 7.11 Å². The quantitative estimate of drug-likeness (QED) is 0.127. The van der Waals surface area contributed by atoms with Crippen molar-refractivity contribution in [3.8, 4) is 17.3 Å². The van der Waals surface area contributed by atoms with E-state index in [-0.39, 0.29) is 12.1 Å². The molecule has 0 saturated carbocycles. The molecule has 0 bridgehead atoms. The number of carbonyl (C=O) groups excluding carboxylic acids is 2. The van der Waals surface area contributed by atoms with Gasteiger partial charge in [-0.15, -0.1) is 6.58 Å². The van der Waals surface area contributed by atoms with Crippen molar-refractivity contribution in [2.45, 2.75) is 78.7 Å². The highest BCUT2D eigenvalue weighted by molar-refractivity contribution is 5.97. The number of nitrogens with zero attached hydrogens (tertiary/aromatic N) is 4. The number of unbranched alkanes of at least 4 members (excludes halogenated alkanes) is 1. The molecule has 1 atom stereocenters. The first-order valence-electron chi connectivity index (χ1n) is 14.2. The summed E-state index contributed by atoms with van der Waals surface area (Å²) < 4.78 is 20.6. The summed E-state index contributed by atoms with van der Waals surface area (Å²) in [6.07, 6.45) is 2.85. The molecule has 0 aliphatic rings. The summed E-state index contributed by atoms with van der Waals surface area (Å²) in [5, 5.41) is 3.82. The third-order valence-electron chi connectivity index (χ3n) is 6.69. The number of aromatic nitrogens is 4. The predicted molar refractivity (Wildman–Crippen MR) is 164 cm³/mol. The van der Waals surface area contributed by atoms with Crippen molar-refractivity contribution in [1.82, 2.24) is 24.4 Å². The summed E-state index contributed by atoms with van der Waals surface area (Å²) in [6, 6.07) is 9.03. The first kappa shape index (κ1) is 30.6. The number of aryl methyl sites for hydroxylation is 2. The van der Waals surface area contributed by atoms with E-state index in [0.29, 0.717) is 34.9 Å². The molecule has 1 unspecified atom stereocenters. The van der Waals surface area contributed by atoms with Gasteiger partial charge in [0.25, 0.3) is 0 Å². The number of benzene rings is 1. The number of hydrogen-bond acceptors (Lipinski definition) is 7. The lowest BCUT2D eigenvalue weighted by atomic mass is 10.2. The van der Waals surface area contributed by atoms with E-state index >= 15 is 0 Å². The normalized spacial score (nSPS) is 12.5. The van der Waals surface area contributed by atoms with E-state index < -0.39 is 17.7 Å². The Kier molecular flexibility index (Phi) is 8.94. The Morgan fingerprint density at radius 1 is 1.12 bits per heavy atom. The van der Waals surface area contributed by atoms with Crippen LogP contribution >= 0.6 is 0 Å². The van der Waals surface area contributed by atoms with Crippen molar-refractivity contribution in [3.05, 3.63) is 54.2 Å². The average molecular weight is 576 g/mol. The van der Waals surface area contributed by atoms with Gasteiger partial charge in [0, 0.05) is 19.0 Å². The van der Waals surface area contributed by atoms with E-state index in [2.05, 4.69) is 22.5 Å². The second-order valence-corrected chi connectivity index (χ2v) is 11.6. The summed E-state index contributed by atoms with van der Waals surface area (Å²) in [6.45, 7) is 15.5. The van der Waals surface area contributed by atoms with E-state index in [1.807, 2.05) is 71.4 Å². The van der Waals surface area contributed by atoms with Gasteiger partial charge in [0.2, 0.25) is 0 Å². The Hall–Kier alpha value is -4.34. The number of alkyl carbamates (subject to hydrolysis) is 1. The lowest BCUT2D eigenvalue weighted by Crippen LogP contribution is -2.34. The molecule has 1 N–H and O–H groups in total. The number of carbonyl (C=O) groups is 2. The lowest BCUT2D eigenvalue weighted by molar-refractivity contribution is 0.0376. The van der Waals surface area contributed by atoms with Crippen LogP contribution < -0.4 is 10.1 Å². The van der Waals surface area contributed by atoms with Gasteiger partial charge in [-0.2, -0.15) is 0 Å². The SMILES string of the molecule is C=CCCCn1c(-c2nc3cc(C(=O)OC(C)C)cc(OC)c3n2C)cc2ccc(C(C)NC(=O)OC(C)(C)C)nc21. The van der Waals surface area contributed by atoms with Gasteiger partial charge >= 0.3 is 12.1 Å². The minimum absolute atomic E-state index is 0.246. The molecule has 4 aromatic rings. The van der Waals surface area contributed by atoms with Gasteiger partial charge in [0.1, 0.15) is 22.5 Å². The number of esters is 1. The molecule has 0 radical (unpaired) electrons. The maximum Gasteiger partial charge on any atom is 0.408 e. The number of nitrogens with one attached hydrogen (secondary N) is 1. The first-order chi connectivity index (χ1) is 19.8. The van der Waals surface area contributed by atoms with Gasteiger partial charge in [0.15, 0.2) is 5.82 Å². The number of methoxy groups -OCH3 is 1. The number of fused-ring (bicyclic) bond motifs is 2. The number of ether oxygens (including phenoxy) is 3. The van der Waals surface area contributed by atoms with Gasteiger partial charge in [-0.25, -0.2) is 19.6 Å². The maximum atomic E-state index is 12.7. The second-order valence-electron chi connectivity index (χ2n) is 11.6. The van der Waals surface area contributed by atoms with E-state index in [1.54, 1.807) is 19.2 Å². The van der Waals surface area contributed by atoms with Crippen LogP contribution in [0.1, 0.15) is 76.5 Å². The monoisotopic (exact) mass is 575 g/mol. The summed E-state index contributed by atoms with van der Waals surface area (Å²) in [4.78, 5) is 35.0. The number of pyridine rings is 1. The average Bonchev–Trinajstić information content (AvgIpc) is 3.43. The van der Waals surface area contributed by atoms with Crippen LogP contribution in [0.5, 0.6) is 5.75 Å². The number of hydrogen-bond donors (Lipinski definition) is 1. The summed E-state index contributed by atoms with van der Waals surface area (Å²) >= 11 is 0. The molecule has 3 heterocycles. The molecular weight excluding hydrogens is 534 g/mol. The van der Waals surface area contributed by atoms with Crippen LogP contribution in [0.4, 0.5) is 4.79 Å². The minimum atomic E-state index is -0.597. The zero-order valence-corrected chi connectivity index (χ0v) is 25.8. The minimum Gasteiger partial charge on any atom is -0.494 e. The Morgan fingerprint density at radius 2 is 1.86 bits per heavy atom. The third-order valence-corrected chi connectivity index (χ3v) is 6.69. The van der Waals surface area contributed by atoms with Crippen LogP contribution in [0.25, 0.3) is 33.6 Å². The first-order valence-corrected chi connectivity index (χ1v) is 14.2. The Bertz CT molecular complexity index is 1630. The molecule has 3 aromatic heterocycles. The zero-order chi connectivity index (χ0) is 30.8. The lowest BCUT2D eigenvalue weighted by Gasteiger charge is -2.22. The van der Waals surface area contributed by atoms with Crippen molar-refractivity contribution in [2.24, 2.45) is 7.05 Å². The number of amides is 1. The molecule has 224 valence electrons. The highest BCUT2D eigenvalue weighted by Gasteiger charge is 2.23. The predicted octanol–water partition coefficient (Wildman–Crippen LogP) is 6.72. The molecule has 10 nitrogen and oxygen atoms in total. The van der Waals surface area contributed by atoms with Crippen molar-refractivity contribution in [3.63, 3.8) is 0 Å². The van der Waals surface area contributed by atoms with Gasteiger partial charge in [-0.1, -0.05) is 6.08 Å². The van der Waals surface area contributed by atoms with Crippen LogP contribution in [0.2, 0.25) is 0 Å². The standard InChI is InChI=1S/C32H41N5O5/c1-10-11-12-15-37-25(17-21-13-14-23(34-28(21)37)20(4)33-31(39)42-32(5,6)7)29-35-24-16-22(30(38)41-19(2)3)18-26(40-9)27(24)36(29)8/h10,13-14,16-20H,1,11-12,15H2,2-9H3,(H,33,39). The fraction of sp³-hybridized carbons (Fsp3) is 0.438. The van der Waals surface area contributed by atoms with Gasteiger partial charge in [-0.3, -0.25) is 0 Å². The van der Waals surface area contributed by atoms with Crippen LogP contribution in [0.3, 0.4) is 0 Å². The maximum absolute atomic E-state index is 12.7. The molecule has 10 heteroatoms. The fourth-order valence-corrected chi connectivity index (χ4v) is 4.84. The summed E-state index contributed by atoms with van der Waals surface area (Å²) in [7, 11) is 3.50. The van der Waals surface area contributed by atoms with Crippen LogP contribution in [0, 0.1) is 0 Å². The molecule has 0 saturated heterocycles. The van der Waals surface area contributed by atoms with Crippen LogP contribution in [-0.2, 0) is 23.1 Å². The van der Waals surface area contributed by atoms with E-state index in [1.165, 1.54) is 0 Å². The van der Waals surface area contributed by atoms with E-state index in [4.69, 9.17) is 24.2 Å². The second kappa shape index (κ2) is 12.3. The largest absolute Gasteiger partial charge is 0.494 e.